The Morgan fingerprint density at radius 3 is 2.62 bits per heavy atom. The summed E-state index contributed by atoms with van der Waals surface area (Å²) >= 11 is 3.33. The fourth-order valence-electron chi connectivity index (χ4n) is 1.85. The van der Waals surface area contributed by atoms with Crippen molar-refractivity contribution in [1.29, 1.82) is 0 Å². The molecule has 0 saturated carbocycles. The summed E-state index contributed by atoms with van der Waals surface area (Å²) in [4.78, 5) is -0.438. The number of halogens is 2. The molecule has 2 rings (SSSR count). The molecule has 0 aliphatic heterocycles. The van der Waals surface area contributed by atoms with E-state index in [4.69, 9.17) is 5.73 Å². The summed E-state index contributed by atoms with van der Waals surface area (Å²) in [5.41, 5.74) is 6.74. The van der Waals surface area contributed by atoms with Crippen LogP contribution in [0.1, 0.15) is 11.1 Å². The zero-order valence-electron chi connectivity index (χ0n) is 11.2. The van der Waals surface area contributed by atoms with E-state index < -0.39 is 20.7 Å². The normalized spacial score (nSPS) is 11.6. The standard InChI is InChI=1S/C14H14BrFN2O2S/c1-9-6-11(17)7-13(14(9)16)21(19,20)18-8-10-4-2-3-5-12(10)15/h2-7,18H,8,17H2,1H3. The van der Waals surface area contributed by atoms with Crippen LogP contribution in [0.15, 0.2) is 45.8 Å². The Hall–Kier alpha value is -1.44. The molecule has 112 valence electrons. The summed E-state index contributed by atoms with van der Waals surface area (Å²) in [5, 5.41) is 0. The van der Waals surface area contributed by atoms with Crippen molar-refractivity contribution in [3.63, 3.8) is 0 Å². The quantitative estimate of drug-likeness (QED) is 0.810. The number of nitrogen functional groups attached to an aromatic ring is 1. The van der Waals surface area contributed by atoms with Crippen LogP contribution in [0.3, 0.4) is 0 Å². The van der Waals surface area contributed by atoms with Crippen LogP contribution < -0.4 is 10.5 Å². The van der Waals surface area contributed by atoms with Crippen LogP contribution in [-0.4, -0.2) is 8.42 Å². The number of nitrogens with two attached hydrogens (primary N) is 1. The summed E-state index contributed by atoms with van der Waals surface area (Å²) in [6.45, 7) is 1.52. The minimum atomic E-state index is -3.98. The first kappa shape index (κ1) is 15.9. The lowest BCUT2D eigenvalue weighted by atomic mass is 10.2. The maximum Gasteiger partial charge on any atom is 0.243 e. The van der Waals surface area contributed by atoms with Gasteiger partial charge < -0.3 is 5.73 Å². The number of sulfonamides is 1. The highest BCUT2D eigenvalue weighted by molar-refractivity contribution is 9.10. The molecule has 0 fully saturated rings. The molecule has 0 radical (unpaired) electrons. The predicted octanol–water partition coefficient (Wildman–Crippen LogP) is 2.96. The number of aryl methyl sites for hydroxylation is 1. The van der Waals surface area contributed by atoms with Gasteiger partial charge in [-0.15, -0.1) is 0 Å². The van der Waals surface area contributed by atoms with Crippen molar-refractivity contribution < 1.29 is 12.8 Å². The Morgan fingerprint density at radius 1 is 1.29 bits per heavy atom. The molecular weight excluding hydrogens is 359 g/mol. The number of hydrogen-bond donors (Lipinski definition) is 2. The molecule has 2 aromatic rings. The Bertz CT molecular complexity index is 779. The topological polar surface area (TPSA) is 72.2 Å². The van der Waals surface area contributed by atoms with Crippen molar-refractivity contribution in [3.8, 4) is 0 Å². The Morgan fingerprint density at radius 2 is 1.95 bits per heavy atom. The van der Waals surface area contributed by atoms with Crippen molar-refractivity contribution in [3.05, 3.63) is 57.8 Å². The summed E-state index contributed by atoms with van der Waals surface area (Å²) < 4.78 is 41.6. The summed E-state index contributed by atoms with van der Waals surface area (Å²) in [5.74, 6) is -0.788. The molecule has 0 spiro atoms. The second-order valence-corrected chi connectivity index (χ2v) is 7.16. The van der Waals surface area contributed by atoms with E-state index in [0.29, 0.717) is 0 Å². The van der Waals surface area contributed by atoms with Crippen LogP contribution in [0.5, 0.6) is 0 Å². The van der Waals surface area contributed by atoms with Gasteiger partial charge in [0.05, 0.1) is 0 Å². The maximum absolute atomic E-state index is 14.0. The van der Waals surface area contributed by atoms with E-state index in [-0.39, 0.29) is 17.8 Å². The van der Waals surface area contributed by atoms with E-state index >= 15 is 0 Å². The van der Waals surface area contributed by atoms with E-state index in [2.05, 4.69) is 20.7 Å². The van der Waals surface area contributed by atoms with Gasteiger partial charge in [0.15, 0.2) is 0 Å². The van der Waals surface area contributed by atoms with Crippen molar-refractivity contribution >= 4 is 31.6 Å². The van der Waals surface area contributed by atoms with Gasteiger partial charge in [0.1, 0.15) is 10.7 Å². The van der Waals surface area contributed by atoms with Crippen LogP contribution in [0.4, 0.5) is 10.1 Å². The minimum Gasteiger partial charge on any atom is -0.399 e. The third-order valence-electron chi connectivity index (χ3n) is 2.94. The zero-order valence-corrected chi connectivity index (χ0v) is 13.6. The second kappa shape index (κ2) is 6.13. The van der Waals surface area contributed by atoms with Crippen LogP contribution >= 0.6 is 15.9 Å². The first-order valence-corrected chi connectivity index (χ1v) is 8.37. The lowest BCUT2D eigenvalue weighted by molar-refractivity contribution is 0.553. The molecule has 0 aliphatic carbocycles. The van der Waals surface area contributed by atoms with E-state index in [1.807, 2.05) is 6.07 Å². The Balaban J connectivity index is 2.30. The average molecular weight is 373 g/mol. The van der Waals surface area contributed by atoms with Gasteiger partial charge in [-0.25, -0.2) is 17.5 Å². The fraction of sp³-hybridized carbons (Fsp3) is 0.143. The lowest BCUT2D eigenvalue weighted by Gasteiger charge is -2.11. The number of anilines is 1. The first-order chi connectivity index (χ1) is 9.81. The molecule has 0 saturated heterocycles. The second-order valence-electron chi connectivity index (χ2n) is 4.57. The molecule has 7 heteroatoms. The maximum atomic E-state index is 14.0. The SMILES string of the molecule is Cc1cc(N)cc(S(=O)(=O)NCc2ccccc2Br)c1F. The largest absolute Gasteiger partial charge is 0.399 e. The van der Waals surface area contributed by atoms with Gasteiger partial charge in [-0.2, -0.15) is 0 Å². The Labute approximate surface area is 131 Å². The molecule has 2 aromatic carbocycles. The van der Waals surface area contributed by atoms with E-state index in [1.165, 1.54) is 13.0 Å². The average Bonchev–Trinajstić information content (AvgIpc) is 2.42. The van der Waals surface area contributed by atoms with Crippen molar-refractivity contribution in [2.45, 2.75) is 18.4 Å². The van der Waals surface area contributed by atoms with E-state index in [0.717, 1.165) is 16.1 Å². The monoisotopic (exact) mass is 372 g/mol. The number of benzene rings is 2. The van der Waals surface area contributed by atoms with Crippen molar-refractivity contribution in [2.75, 3.05) is 5.73 Å². The molecule has 0 unspecified atom stereocenters. The van der Waals surface area contributed by atoms with Crippen molar-refractivity contribution in [1.82, 2.24) is 4.72 Å². The van der Waals surface area contributed by atoms with Crippen LogP contribution in [-0.2, 0) is 16.6 Å². The van der Waals surface area contributed by atoms with Gasteiger partial charge in [0.25, 0.3) is 0 Å². The molecule has 4 nitrogen and oxygen atoms in total. The number of nitrogens with one attached hydrogen (secondary N) is 1. The van der Waals surface area contributed by atoms with Gasteiger partial charge in [-0.05, 0) is 36.2 Å². The third kappa shape index (κ3) is 3.61. The molecule has 0 atom stereocenters. The third-order valence-corrected chi connectivity index (χ3v) is 5.12. The van der Waals surface area contributed by atoms with Crippen LogP contribution in [0.2, 0.25) is 0 Å². The highest BCUT2D eigenvalue weighted by Crippen LogP contribution is 2.22. The van der Waals surface area contributed by atoms with Gasteiger partial charge in [0.2, 0.25) is 10.0 Å². The van der Waals surface area contributed by atoms with Gasteiger partial charge in [0, 0.05) is 16.7 Å². The number of rotatable bonds is 4. The van der Waals surface area contributed by atoms with Gasteiger partial charge >= 0.3 is 0 Å². The Kier molecular flexibility index (Phi) is 4.65. The molecule has 0 heterocycles. The summed E-state index contributed by atoms with van der Waals surface area (Å²) in [7, 11) is -3.98. The summed E-state index contributed by atoms with van der Waals surface area (Å²) in [6, 6.07) is 9.69. The number of hydrogen-bond acceptors (Lipinski definition) is 3. The van der Waals surface area contributed by atoms with Crippen molar-refractivity contribution in [2.24, 2.45) is 0 Å². The highest BCUT2D eigenvalue weighted by Gasteiger charge is 2.21. The zero-order chi connectivity index (χ0) is 15.6. The minimum absolute atomic E-state index is 0.0526. The van der Waals surface area contributed by atoms with Crippen LogP contribution in [0, 0.1) is 12.7 Å². The van der Waals surface area contributed by atoms with E-state index in [1.54, 1.807) is 18.2 Å². The van der Waals surface area contributed by atoms with Crippen LogP contribution in [0.25, 0.3) is 0 Å². The smallest absolute Gasteiger partial charge is 0.243 e. The molecule has 0 amide bonds. The molecule has 3 N–H and O–H groups in total. The van der Waals surface area contributed by atoms with Gasteiger partial charge in [-0.1, -0.05) is 34.1 Å². The predicted molar refractivity (Wildman–Crippen MR) is 83.7 cm³/mol. The fourth-order valence-corrected chi connectivity index (χ4v) is 3.47. The van der Waals surface area contributed by atoms with E-state index in [9.17, 15) is 12.8 Å². The highest BCUT2D eigenvalue weighted by atomic mass is 79.9. The van der Waals surface area contributed by atoms with Gasteiger partial charge in [-0.3, -0.25) is 0 Å². The molecule has 21 heavy (non-hydrogen) atoms. The first-order valence-electron chi connectivity index (χ1n) is 6.10. The molecule has 0 bridgehead atoms. The molecule has 0 aliphatic rings. The summed E-state index contributed by atoms with van der Waals surface area (Å²) in [6.07, 6.45) is 0. The molecule has 0 aromatic heterocycles. The molecular formula is C14H14BrFN2O2S. The lowest BCUT2D eigenvalue weighted by Crippen LogP contribution is -2.24.